The van der Waals surface area contributed by atoms with Gasteiger partial charge in [0.25, 0.3) is 0 Å². The number of hydrogen-bond donors (Lipinski definition) is 1. The van der Waals surface area contributed by atoms with Crippen molar-refractivity contribution in [3.05, 3.63) is 22.9 Å². The summed E-state index contributed by atoms with van der Waals surface area (Å²) in [6.07, 6.45) is 6.67. The molecule has 0 amide bonds. The summed E-state index contributed by atoms with van der Waals surface area (Å²) >= 11 is 0. The van der Waals surface area contributed by atoms with Gasteiger partial charge in [-0.25, -0.2) is 4.79 Å². The highest BCUT2D eigenvalue weighted by Crippen LogP contribution is 2.21. The Kier molecular flexibility index (Phi) is 5.00. The van der Waals surface area contributed by atoms with Crippen molar-refractivity contribution in [2.45, 2.75) is 51.5 Å². The summed E-state index contributed by atoms with van der Waals surface area (Å²) in [5, 5.41) is 0. The van der Waals surface area contributed by atoms with Gasteiger partial charge in [-0.15, -0.1) is 0 Å². The summed E-state index contributed by atoms with van der Waals surface area (Å²) in [6, 6.07) is 0.694. The molecule has 2 aliphatic rings. The van der Waals surface area contributed by atoms with Gasteiger partial charge >= 0.3 is 5.69 Å². The molecule has 0 saturated carbocycles. The Morgan fingerprint density at radius 1 is 1.18 bits per heavy atom. The van der Waals surface area contributed by atoms with Crippen molar-refractivity contribution in [1.29, 1.82) is 0 Å². The van der Waals surface area contributed by atoms with Crippen LogP contribution < -0.4 is 5.69 Å². The van der Waals surface area contributed by atoms with Gasteiger partial charge in [0.1, 0.15) is 0 Å². The zero-order chi connectivity index (χ0) is 15.5. The molecule has 0 spiro atoms. The Bertz CT molecular complexity index is 508. The van der Waals surface area contributed by atoms with Crippen LogP contribution in [0.1, 0.15) is 26.7 Å². The average molecular weight is 308 g/mol. The molecular weight excluding hydrogens is 280 g/mol. The third kappa shape index (κ3) is 3.80. The van der Waals surface area contributed by atoms with Gasteiger partial charge in [-0.05, 0) is 39.8 Å². The van der Waals surface area contributed by atoms with Gasteiger partial charge in [0.15, 0.2) is 0 Å². The minimum atomic E-state index is -0.00817. The van der Waals surface area contributed by atoms with E-state index in [0.717, 1.165) is 39.3 Å². The van der Waals surface area contributed by atoms with Gasteiger partial charge in [0.05, 0.1) is 12.2 Å². The van der Waals surface area contributed by atoms with Crippen LogP contribution >= 0.6 is 0 Å². The number of rotatable bonds is 4. The minimum absolute atomic E-state index is 0.00817. The number of piperidine rings is 1. The van der Waals surface area contributed by atoms with Crippen molar-refractivity contribution in [2.75, 3.05) is 32.7 Å². The van der Waals surface area contributed by atoms with E-state index in [9.17, 15) is 4.79 Å². The van der Waals surface area contributed by atoms with E-state index in [2.05, 4.69) is 28.6 Å². The number of hydrogen-bond acceptors (Lipinski definition) is 4. The fourth-order valence-corrected chi connectivity index (χ4v) is 3.80. The summed E-state index contributed by atoms with van der Waals surface area (Å²) in [5.41, 5.74) is -0.00817. The molecule has 3 heterocycles. The normalized spacial score (nSPS) is 29.0. The number of nitrogens with one attached hydrogen (secondary N) is 1. The molecule has 0 radical (unpaired) electrons. The third-order valence-electron chi connectivity index (χ3n) is 4.90. The molecule has 0 unspecified atom stereocenters. The number of H-pyrrole nitrogens is 1. The number of imidazole rings is 1. The number of likely N-dealkylation sites (tertiary alicyclic amines) is 1. The maximum Gasteiger partial charge on any atom is 0.325 e. The van der Waals surface area contributed by atoms with Crippen LogP contribution in [0.15, 0.2) is 17.2 Å². The highest BCUT2D eigenvalue weighted by molar-refractivity contribution is 4.85. The molecule has 0 bridgehead atoms. The molecule has 124 valence electrons. The van der Waals surface area contributed by atoms with Gasteiger partial charge in [-0.2, -0.15) is 0 Å². The average Bonchev–Trinajstić information content (AvgIpc) is 2.90. The van der Waals surface area contributed by atoms with E-state index >= 15 is 0 Å². The number of morpholine rings is 1. The van der Waals surface area contributed by atoms with E-state index in [1.807, 2.05) is 6.20 Å². The van der Waals surface area contributed by atoms with E-state index in [-0.39, 0.29) is 5.69 Å². The Labute approximate surface area is 132 Å². The molecule has 2 fully saturated rings. The van der Waals surface area contributed by atoms with Gasteiger partial charge in [0.2, 0.25) is 0 Å². The van der Waals surface area contributed by atoms with E-state index in [0.29, 0.717) is 18.2 Å². The number of nitrogens with zero attached hydrogens (tertiary/aromatic N) is 3. The molecule has 2 atom stereocenters. The predicted octanol–water partition coefficient (Wildman–Crippen LogP) is 0.750. The second-order valence-corrected chi connectivity index (χ2v) is 6.74. The lowest BCUT2D eigenvalue weighted by molar-refractivity contribution is -0.0864. The van der Waals surface area contributed by atoms with Gasteiger partial charge in [-0.1, -0.05) is 0 Å². The quantitative estimate of drug-likeness (QED) is 0.892. The molecule has 2 aliphatic heterocycles. The first-order valence-electron chi connectivity index (χ1n) is 8.47. The first-order valence-corrected chi connectivity index (χ1v) is 8.47. The number of aromatic nitrogens is 2. The van der Waals surface area contributed by atoms with Gasteiger partial charge in [0, 0.05) is 44.6 Å². The van der Waals surface area contributed by atoms with Crippen LogP contribution in [0, 0.1) is 0 Å². The van der Waals surface area contributed by atoms with Crippen LogP contribution in [0.2, 0.25) is 0 Å². The Hall–Kier alpha value is -1.11. The molecular formula is C16H28N4O2. The summed E-state index contributed by atoms with van der Waals surface area (Å²) in [6.45, 7) is 10.5. The summed E-state index contributed by atoms with van der Waals surface area (Å²) in [4.78, 5) is 19.3. The second kappa shape index (κ2) is 6.98. The van der Waals surface area contributed by atoms with E-state index in [1.165, 1.54) is 12.8 Å². The first-order chi connectivity index (χ1) is 10.6. The SMILES string of the molecule is C[C@@H]1CN(C2CCN(CCn3cc[nH]c3=O)CC2)C[C@H](C)O1. The lowest BCUT2D eigenvalue weighted by Crippen LogP contribution is -2.53. The largest absolute Gasteiger partial charge is 0.373 e. The van der Waals surface area contributed by atoms with Crippen LogP contribution in [0.5, 0.6) is 0 Å². The van der Waals surface area contributed by atoms with Crippen molar-refractivity contribution < 1.29 is 4.74 Å². The first kappa shape index (κ1) is 15.8. The summed E-state index contributed by atoms with van der Waals surface area (Å²) < 4.78 is 7.58. The molecule has 6 nitrogen and oxygen atoms in total. The lowest BCUT2D eigenvalue weighted by atomic mass is 10.0. The minimum Gasteiger partial charge on any atom is -0.373 e. The van der Waals surface area contributed by atoms with Crippen LogP contribution in [0.4, 0.5) is 0 Å². The van der Waals surface area contributed by atoms with Crippen LogP contribution in [-0.4, -0.2) is 70.3 Å². The maximum atomic E-state index is 11.5. The smallest absolute Gasteiger partial charge is 0.325 e. The van der Waals surface area contributed by atoms with Crippen molar-refractivity contribution >= 4 is 0 Å². The molecule has 0 aliphatic carbocycles. The zero-order valence-corrected chi connectivity index (χ0v) is 13.7. The van der Waals surface area contributed by atoms with Crippen molar-refractivity contribution in [1.82, 2.24) is 19.4 Å². The Balaban J connectivity index is 1.44. The summed E-state index contributed by atoms with van der Waals surface area (Å²) in [7, 11) is 0. The van der Waals surface area contributed by atoms with Crippen LogP contribution in [-0.2, 0) is 11.3 Å². The predicted molar refractivity (Wildman–Crippen MR) is 86.1 cm³/mol. The molecule has 1 N–H and O–H groups in total. The van der Waals surface area contributed by atoms with Crippen LogP contribution in [0.25, 0.3) is 0 Å². The zero-order valence-electron chi connectivity index (χ0n) is 13.7. The number of aromatic amines is 1. The molecule has 2 saturated heterocycles. The standard InChI is InChI=1S/C16H28N4O2/c1-13-11-20(12-14(2)22-13)15-3-6-18(7-4-15)9-10-19-8-5-17-16(19)21/h5,8,13-15H,3-4,6-7,9-12H2,1-2H3,(H,17,21)/t13-,14+. The van der Waals surface area contributed by atoms with Gasteiger partial charge < -0.3 is 14.6 Å². The number of ether oxygens (including phenoxy) is 1. The van der Waals surface area contributed by atoms with E-state index in [4.69, 9.17) is 4.74 Å². The third-order valence-corrected chi connectivity index (χ3v) is 4.90. The fraction of sp³-hybridized carbons (Fsp3) is 0.812. The topological polar surface area (TPSA) is 53.5 Å². The molecule has 22 heavy (non-hydrogen) atoms. The van der Waals surface area contributed by atoms with Crippen molar-refractivity contribution in [3.8, 4) is 0 Å². The van der Waals surface area contributed by atoms with Gasteiger partial charge in [-0.3, -0.25) is 9.47 Å². The van der Waals surface area contributed by atoms with E-state index < -0.39 is 0 Å². The highest BCUT2D eigenvalue weighted by Gasteiger charge is 2.30. The fourth-order valence-electron chi connectivity index (χ4n) is 3.80. The lowest BCUT2D eigenvalue weighted by Gasteiger charge is -2.43. The summed E-state index contributed by atoms with van der Waals surface area (Å²) in [5.74, 6) is 0. The second-order valence-electron chi connectivity index (χ2n) is 6.74. The molecule has 0 aromatic carbocycles. The van der Waals surface area contributed by atoms with Crippen molar-refractivity contribution in [2.24, 2.45) is 0 Å². The van der Waals surface area contributed by atoms with Crippen molar-refractivity contribution in [3.63, 3.8) is 0 Å². The van der Waals surface area contributed by atoms with Crippen LogP contribution in [0.3, 0.4) is 0 Å². The molecule has 1 aromatic rings. The maximum absolute atomic E-state index is 11.5. The Morgan fingerprint density at radius 3 is 2.45 bits per heavy atom. The molecule has 3 rings (SSSR count). The highest BCUT2D eigenvalue weighted by atomic mass is 16.5. The Morgan fingerprint density at radius 2 is 1.86 bits per heavy atom. The monoisotopic (exact) mass is 308 g/mol. The molecule has 1 aromatic heterocycles. The molecule has 6 heteroatoms. The van der Waals surface area contributed by atoms with E-state index in [1.54, 1.807) is 10.8 Å².